The molecule has 0 radical (unpaired) electrons. The number of benzene rings is 2. The molecule has 1 heterocycles. The topological polar surface area (TPSA) is 105 Å². The standard InChI is InChI=1S/C25H29N3O6S2/c1-15(29)28(34-17-9-7-16(8-10-17)13-21-22(30)26-23(31)36-21)19-12-11-18(35-6)14-20(19)27(5)24(32)33-25(2,3)4/h7-12,14,21H,13H2,1-6H3,(H,26,30,31). The smallest absolute Gasteiger partial charge is 0.414 e. The van der Waals surface area contributed by atoms with Gasteiger partial charge in [-0.15, -0.1) is 16.8 Å². The van der Waals surface area contributed by atoms with Crippen molar-refractivity contribution in [3.8, 4) is 5.75 Å². The second kappa shape index (κ2) is 11.3. The van der Waals surface area contributed by atoms with E-state index in [0.29, 0.717) is 23.5 Å². The number of hydrogen-bond donors (Lipinski definition) is 1. The Balaban J connectivity index is 1.85. The van der Waals surface area contributed by atoms with Gasteiger partial charge in [-0.2, -0.15) is 0 Å². The van der Waals surface area contributed by atoms with Gasteiger partial charge in [-0.25, -0.2) is 4.79 Å². The molecule has 0 spiro atoms. The summed E-state index contributed by atoms with van der Waals surface area (Å²) in [4.78, 5) is 56.8. The second-order valence-electron chi connectivity index (χ2n) is 9.03. The average molecular weight is 532 g/mol. The van der Waals surface area contributed by atoms with Crippen molar-refractivity contribution in [1.82, 2.24) is 5.32 Å². The van der Waals surface area contributed by atoms with Crippen molar-refractivity contribution < 1.29 is 28.8 Å². The quantitative estimate of drug-likeness (QED) is 0.392. The van der Waals surface area contributed by atoms with Crippen LogP contribution in [0.2, 0.25) is 0 Å². The van der Waals surface area contributed by atoms with E-state index in [-0.39, 0.29) is 11.1 Å². The van der Waals surface area contributed by atoms with Gasteiger partial charge in [0.2, 0.25) is 5.91 Å². The second-order valence-corrected chi connectivity index (χ2v) is 11.1. The van der Waals surface area contributed by atoms with Crippen LogP contribution in [0.4, 0.5) is 21.0 Å². The molecule has 0 aliphatic carbocycles. The number of amides is 4. The van der Waals surface area contributed by atoms with E-state index in [1.165, 1.54) is 23.6 Å². The molecule has 1 N–H and O–H groups in total. The van der Waals surface area contributed by atoms with Gasteiger partial charge >= 0.3 is 6.09 Å². The minimum Gasteiger partial charge on any atom is -0.443 e. The molecule has 4 amide bonds. The molecule has 3 rings (SSSR count). The zero-order chi connectivity index (χ0) is 26.6. The molecule has 1 aliphatic heterocycles. The lowest BCUT2D eigenvalue weighted by molar-refractivity contribution is -0.120. The SMILES string of the molecule is CSc1ccc(N(Oc2ccc(CC3SC(=O)NC3=O)cc2)C(C)=O)c(N(C)C(=O)OC(C)(C)C)c1. The summed E-state index contributed by atoms with van der Waals surface area (Å²) in [5, 5.41) is 2.58. The van der Waals surface area contributed by atoms with Crippen molar-refractivity contribution in [2.75, 3.05) is 23.3 Å². The number of hydrogen-bond acceptors (Lipinski definition) is 8. The zero-order valence-corrected chi connectivity index (χ0v) is 22.6. The number of hydroxylamine groups is 1. The summed E-state index contributed by atoms with van der Waals surface area (Å²) >= 11 is 2.47. The predicted octanol–water partition coefficient (Wildman–Crippen LogP) is 5.02. The van der Waals surface area contributed by atoms with E-state index < -0.39 is 22.9 Å². The molecule has 0 saturated carbocycles. The molecule has 2 aromatic rings. The van der Waals surface area contributed by atoms with Crippen LogP contribution in [-0.4, -0.2) is 47.3 Å². The van der Waals surface area contributed by atoms with Crippen molar-refractivity contribution >= 4 is 58.0 Å². The van der Waals surface area contributed by atoms with Gasteiger partial charge in [0.25, 0.3) is 11.1 Å². The molecule has 11 heteroatoms. The lowest BCUT2D eigenvalue weighted by Gasteiger charge is -2.29. The van der Waals surface area contributed by atoms with E-state index in [4.69, 9.17) is 9.57 Å². The number of nitrogens with one attached hydrogen (secondary N) is 1. The summed E-state index contributed by atoms with van der Waals surface area (Å²) in [7, 11) is 1.58. The Morgan fingerprint density at radius 2 is 1.75 bits per heavy atom. The summed E-state index contributed by atoms with van der Waals surface area (Å²) < 4.78 is 5.51. The first-order valence-corrected chi connectivity index (χ1v) is 13.2. The fourth-order valence-electron chi connectivity index (χ4n) is 3.32. The Kier molecular flexibility index (Phi) is 8.57. The number of carbonyl (C=O) groups excluding carboxylic acids is 4. The van der Waals surface area contributed by atoms with Gasteiger partial charge in [-0.1, -0.05) is 23.9 Å². The number of ether oxygens (including phenoxy) is 1. The van der Waals surface area contributed by atoms with E-state index in [0.717, 1.165) is 27.3 Å². The predicted molar refractivity (Wildman–Crippen MR) is 142 cm³/mol. The van der Waals surface area contributed by atoms with Gasteiger partial charge in [0, 0.05) is 18.9 Å². The van der Waals surface area contributed by atoms with E-state index in [1.54, 1.807) is 64.2 Å². The third-order valence-electron chi connectivity index (χ3n) is 5.02. The van der Waals surface area contributed by atoms with Gasteiger partial charge < -0.3 is 9.57 Å². The van der Waals surface area contributed by atoms with Crippen LogP contribution in [0.3, 0.4) is 0 Å². The van der Waals surface area contributed by atoms with Gasteiger partial charge in [0.15, 0.2) is 5.75 Å². The summed E-state index contributed by atoms with van der Waals surface area (Å²) in [5.74, 6) is -0.316. The number of thioether (sulfide) groups is 2. The molecular weight excluding hydrogens is 502 g/mol. The Hall–Kier alpha value is -3.18. The fourth-order valence-corrected chi connectivity index (χ4v) is 4.61. The fraction of sp³-hybridized carbons (Fsp3) is 0.360. The Bertz CT molecular complexity index is 1160. The van der Waals surface area contributed by atoms with Crippen molar-refractivity contribution in [3.63, 3.8) is 0 Å². The normalized spacial score (nSPS) is 15.3. The van der Waals surface area contributed by atoms with Crippen molar-refractivity contribution in [1.29, 1.82) is 0 Å². The largest absolute Gasteiger partial charge is 0.443 e. The zero-order valence-electron chi connectivity index (χ0n) is 21.0. The molecule has 2 aromatic carbocycles. The number of imide groups is 1. The molecule has 1 aliphatic rings. The summed E-state index contributed by atoms with van der Waals surface area (Å²) in [6.45, 7) is 6.70. The monoisotopic (exact) mass is 531 g/mol. The van der Waals surface area contributed by atoms with E-state index in [1.807, 2.05) is 12.3 Å². The molecule has 1 atom stereocenters. The molecular formula is C25H29N3O6S2. The van der Waals surface area contributed by atoms with Crippen LogP contribution in [0, 0.1) is 0 Å². The highest BCUT2D eigenvalue weighted by Crippen LogP contribution is 2.35. The Morgan fingerprint density at radius 3 is 2.28 bits per heavy atom. The maximum atomic E-state index is 12.8. The highest BCUT2D eigenvalue weighted by molar-refractivity contribution is 8.15. The van der Waals surface area contributed by atoms with Crippen molar-refractivity contribution in [2.45, 2.75) is 49.9 Å². The Labute approximate surface area is 218 Å². The van der Waals surface area contributed by atoms with Crippen LogP contribution >= 0.6 is 23.5 Å². The molecule has 192 valence electrons. The molecule has 0 aromatic heterocycles. The highest BCUT2D eigenvalue weighted by atomic mass is 32.2. The first kappa shape index (κ1) is 27.4. The van der Waals surface area contributed by atoms with Crippen LogP contribution in [0.15, 0.2) is 47.4 Å². The number of nitrogens with zero attached hydrogens (tertiary/aromatic N) is 2. The number of anilines is 2. The summed E-state index contributed by atoms with van der Waals surface area (Å²) in [5.41, 5.74) is 0.965. The van der Waals surface area contributed by atoms with Crippen LogP contribution in [0.5, 0.6) is 5.75 Å². The third-order valence-corrected chi connectivity index (χ3v) is 6.73. The highest BCUT2D eigenvalue weighted by Gasteiger charge is 2.31. The van der Waals surface area contributed by atoms with Crippen molar-refractivity contribution in [2.24, 2.45) is 0 Å². The lowest BCUT2D eigenvalue weighted by Crippen LogP contribution is -2.37. The lowest BCUT2D eigenvalue weighted by atomic mass is 10.1. The van der Waals surface area contributed by atoms with Crippen molar-refractivity contribution in [3.05, 3.63) is 48.0 Å². The van der Waals surface area contributed by atoms with E-state index in [2.05, 4.69) is 5.32 Å². The van der Waals surface area contributed by atoms with E-state index >= 15 is 0 Å². The third kappa shape index (κ3) is 6.94. The van der Waals surface area contributed by atoms with Crippen LogP contribution in [-0.2, 0) is 20.7 Å². The number of rotatable bonds is 7. The summed E-state index contributed by atoms with van der Waals surface area (Å²) in [6.07, 6.45) is 1.73. The first-order chi connectivity index (χ1) is 16.9. The molecule has 1 fully saturated rings. The molecule has 1 saturated heterocycles. The molecule has 0 bridgehead atoms. The van der Waals surface area contributed by atoms with Gasteiger partial charge in [-0.05, 0) is 69.3 Å². The van der Waals surface area contributed by atoms with Gasteiger partial charge in [-0.3, -0.25) is 24.6 Å². The number of carbonyl (C=O) groups is 4. The maximum Gasteiger partial charge on any atom is 0.414 e. The van der Waals surface area contributed by atoms with Gasteiger partial charge in [0.1, 0.15) is 11.3 Å². The average Bonchev–Trinajstić information content (AvgIpc) is 3.12. The minimum absolute atomic E-state index is 0.302. The van der Waals surface area contributed by atoms with Crippen LogP contribution in [0.25, 0.3) is 0 Å². The first-order valence-electron chi connectivity index (χ1n) is 11.1. The molecule has 36 heavy (non-hydrogen) atoms. The van der Waals surface area contributed by atoms with E-state index in [9.17, 15) is 19.2 Å². The molecule has 9 nitrogen and oxygen atoms in total. The summed E-state index contributed by atoms with van der Waals surface area (Å²) in [6, 6.07) is 12.2. The Morgan fingerprint density at radius 1 is 1.08 bits per heavy atom. The minimum atomic E-state index is -0.688. The molecule has 1 unspecified atom stereocenters. The maximum absolute atomic E-state index is 12.8. The van der Waals surface area contributed by atoms with Crippen LogP contribution in [0.1, 0.15) is 33.3 Å². The van der Waals surface area contributed by atoms with Gasteiger partial charge in [0.05, 0.1) is 10.9 Å². The van der Waals surface area contributed by atoms with Crippen LogP contribution < -0.4 is 20.1 Å².